The Bertz CT molecular complexity index is 838. The molecule has 0 radical (unpaired) electrons. The number of benzene rings is 2. The molecule has 2 aromatic carbocycles. The highest BCUT2D eigenvalue weighted by Crippen LogP contribution is 2.60. The summed E-state index contributed by atoms with van der Waals surface area (Å²) in [6, 6.07) is 16.8. The van der Waals surface area contributed by atoms with E-state index in [9.17, 15) is 4.39 Å². The first-order valence-electron chi connectivity index (χ1n) is 9.60. The van der Waals surface area contributed by atoms with E-state index in [0.717, 1.165) is 24.9 Å². The monoisotopic (exact) mass is 349 g/mol. The van der Waals surface area contributed by atoms with Crippen LogP contribution in [0.3, 0.4) is 0 Å². The summed E-state index contributed by atoms with van der Waals surface area (Å²) in [5.74, 6) is 0.329. The number of nitrogens with zero attached hydrogens (tertiary/aromatic N) is 1. The third kappa shape index (κ3) is 2.91. The molecule has 2 bridgehead atoms. The van der Waals surface area contributed by atoms with Crippen LogP contribution in [0, 0.1) is 11.2 Å². The first-order valence-corrected chi connectivity index (χ1v) is 9.60. The minimum Gasteiger partial charge on any atom is -0.288 e. The average Bonchev–Trinajstić information content (AvgIpc) is 2.56. The molecule has 1 fully saturated rings. The van der Waals surface area contributed by atoms with Crippen molar-refractivity contribution in [2.75, 3.05) is 0 Å². The van der Waals surface area contributed by atoms with E-state index in [-0.39, 0.29) is 11.2 Å². The molecule has 1 aliphatic carbocycles. The van der Waals surface area contributed by atoms with Crippen LogP contribution in [0.4, 0.5) is 4.39 Å². The van der Waals surface area contributed by atoms with Crippen molar-refractivity contribution in [3.8, 4) is 0 Å². The van der Waals surface area contributed by atoms with Crippen LogP contribution in [0.5, 0.6) is 0 Å². The van der Waals surface area contributed by atoms with E-state index < -0.39 is 0 Å². The first kappa shape index (κ1) is 17.5. The second-order valence-corrected chi connectivity index (χ2v) is 8.85. The molecule has 2 heteroatoms. The number of rotatable bonds is 4. The molecule has 2 aliphatic heterocycles. The molecule has 0 spiro atoms. The van der Waals surface area contributed by atoms with Gasteiger partial charge in [-0.1, -0.05) is 55.8 Å². The zero-order valence-electron chi connectivity index (χ0n) is 16.0. The zero-order valence-corrected chi connectivity index (χ0v) is 16.0. The molecule has 5 rings (SSSR count). The lowest BCUT2D eigenvalue weighted by Gasteiger charge is -2.59. The van der Waals surface area contributed by atoms with E-state index in [0.29, 0.717) is 18.0 Å². The Morgan fingerprint density at radius 2 is 1.88 bits per heavy atom. The SMILES string of the molecule is C=C(C)C[C@H]1[C@H]2c3ccccc3[C@H](CC2(C)C)N1Cc1cccc(F)c1. The lowest BCUT2D eigenvalue weighted by Crippen LogP contribution is -2.56. The van der Waals surface area contributed by atoms with Crippen LogP contribution in [0.2, 0.25) is 0 Å². The number of piperidine rings is 1. The minimum atomic E-state index is -0.151. The molecule has 1 saturated heterocycles. The van der Waals surface area contributed by atoms with Gasteiger partial charge in [0.25, 0.3) is 0 Å². The van der Waals surface area contributed by atoms with Crippen molar-refractivity contribution in [1.82, 2.24) is 4.90 Å². The van der Waals surface area contributed by atoms with E-state index in [2.05, 4.69) is 56.5 Å². The Balaban J connectivity index is 1.79. The summed E-state index contributed by atoms with van der Waals surface area (Å²) in [4.78, 5) is 2.61. The van der Waals surface area contributed by atoms with Crippen LogP contribution in [-0.2, 0) is 6.54 Å². The van der Waals surface area contributed by atoms with Crippen molar-refractivity contribution in [3.63, 3.8) is 0 Å². The van der Waals surface area contributed by atoms with E-state index in [1.165, 1.54) is 22.8 Å². The lowest BCUT2D eigenvalue weighted by atomic mass is 9.57. The maximum absolute atomic E-state index is 13.7. The predicted molar refractivity (Wildman–Crippen MR) is 105 cm³/mol. The van der Waals surface area contributed by atoms with E-state index in [1.54, 1.807) is 6.07 Å². The molecule has 0 unspecified atom stereocenters. The van der Waals surface area contributed by atoms with Crippen molar-refractivity contribution >= 4 is 0 Å². The van der Waals surface area contributed by atoms with Crippen LogP contribution < -0.4 is 0 Å². The summed E-state index contributed by atoms with van der Waals surface area (Å²) < 4.78 is 13.7. The lowest BCUT2D eigenvalue weighted by molar-refractivity contribution is -0.0313. The fourth-order valence-electron chi connectivity index (χ4n) is 5.37. The molecule has 0 amide bonds. The summed E-state index contributed by atoms with van der Waals surface area (Å²) >= 11 is 0. The Kier molecular flexibility index (Phi) is 4.27. The van der Waals surface area contributed by atoms with Gasteiger partial charge in [-0.3, -0.25) is 4.90 Å². The van der Waals surface area contributed by atoms with Crippen molar-refractivity contribution in [1.29, 1.82) is 0 Å². The Labute approximate surface area is 156 Å². The molecule has 3 aliphatic rings. The Hall–Kier alpha value is -1.93. The quantitative estimate of drug-likeness (QED) is 0.591. The van der Waals surface area contributed by atoms with Crippen LogP contribution in [0.1, 0.15) is 62.3 Å². The van der Waals surface area contributed by atoms with Crippen molar-refractivity contribution in [2.24, 2.45) is 5.41 Å². The van der Waals surface area contributed by atoms with Gasteiger partial charge in [0.05, 0.1) is 0 Å². The van der Waals surface area contributed by atoms with E-state index in [4.69, 9.17) is 0 Å². The topological polar surface area (TPSA) is 3.24 Å². The molecule has 1 nitrogen and oxygen atoms in total. The van der Waals surface area contributed by atoms with Gasteiger partial charge in [-0.25, -0.2) is 4.39 Å². The Morgan fingerprint density at radius 1 is 1.15 bits per heavy atom. The highest BCUT2D eigenvalue weighted by Gasteiger charge is 2.53. The summed E-state index contributed by atoms with van der Waals surface area (Å²) in [6.07, 6.45) is 2.14. The van der Waals surface area contributed by atoms with Crippen molar-refractivity contribution in [2.45, 2.75) is 58.2 Å². The second-order valence-electron chi connectivity index (χ2n) is 8.85. The largest absolute Gasteiger partial charge is 0.288 e. The molecule has 0 aromatic heterocycles. The summed E-state index contributed by atoms with van der Waals surface area (Å²) in [6.45, 7) is 11.9. The third-order valence-electron chi connectivity index (χ3n) is 6.27. The number of fused-ring (bicyclic) bond motifs is 2. The fraction of sp³-hybridized carbons (Fsp3) is 0.417. The molecule has 3 atom stereocenters. The number of hydrogen-bond donors (Lipinski definition) is 0. The van der Waals surface area contributed by atoms with Gasteiger partial charge in [0.2, 0.25) is 0 Å². The van der Waals surface area contributed by atoms with Gasteiger partial charge >= 0.3 is 0 Å². The molecule has 0 saturated carbocycles. The standard InChI is InChI=1S/C24H28FN/c1-16(2)12-21-23-20-11-6-5-10-19(20)22(14-24(23,3)4)26(21)15-17-8-7-9-18(25)13-17/h5-11,13,21-23H,1,12,14-15H2,2-4H3/t21-,22-,23+/m0/s1. The predicted octanol–water partition coefficient (Wildman–Crippen LogP) is 6.23. The second kappa shape index (κ2) is 6.35. The fourth-order valence-corrected chi connectivity index (χ4v) is 5.37. The maximum Gasteiger partial charge on any atom is 0.123 e. The molecule has 0 N–H and O–H groups in total. The van der Waals surface area contributed by atoms with Gasteiger partial charge in [-0.05, 0) is 54.0 Å². The summed E-state index contributed by atoms with van der Waals surface area (Å²) in [5.41, 5.74) is 5.51. The van der Waals surface area contributed by atoms with Crippen molar-refractivity contribution < 1.29 is 4.39 Å². The van der Waals surface area contributed by atoms with Gasteiger partial charge in [-0.2, -0.15) is 0 Å². The van der Waals surface area contributed by atoms with Gasteiger partial charge < -0.3 is 0 Å². The van der Waals surface area contributed by atoms with Crippen LogP contribution in [0.15, 0.2) is 60.7 Å². The number of hydrogen-bond acceptors (Lipinski definition) is 1. The molecule has 2 heterocycles. The average molecular weight is 349 g/mol. The molecule has 136 valence electrons. The normalized spacial score (nSPS) is 26.5. The Morgan fingerprint density at radius 3 is 2.58 bits per heavy atom. The van der Waals surface area contributed by atoms with Gasteiger partial charge in [-0.15, -0.1) is 6.58 Å². The summed E-state index contributed by atoms with van der Waals surface area (Å²) in [5, 5.41) is 0. The van der Waals surface area contributed by atoms with Crippen LogP contribution >= 0.6 is 0 Å². The van der Waals surface area contributed by atoms with E-state index >= 15 is 0 Å². The first-order chi connectivity index (χ1) is 12.4. The van der Waals surface area contributed by atoms with Gasteiger partial charge in [0.1, 0.15) is 5.82 Å². The third-order valence-corrected chi connectivity index (χ3v) is 6.27. The summed E-state index contributed by atoms with van der Waals surface area (Å²) in [7, 11) is 0. The maximum atomic E-state index is 13.7. The molecular formula is C24H28FN. The highest BCUT2D eigenvalue weighted by atomic mass is 19.1. The van der Waals surface area contributed by atoms with Crippen LogP contribution in [-0.4, -0.2) is 10.9 Å². The van der Waals surface area contributed by atoms with Crippen LogP contribution in [0.25, 0.3) is 0 Å². The van der Waals surface area contributed by atoms with E-state index in [1.807, 2.05) is 12.1 Å². The van der Waals surface area contributed by atoms with Gasteiger partial charge in [0.15, 0.2) is 0 Å². The smallest absolute Gasteiger partial charge is 0.123 e. The molecular weight excluding hydrogens is 321 g/mol. The highest BCUT2D eigenvalue weighted by molar-refractivity contribution is 5.42. The molecule has 26 heavy (non-hydrogen) atoms. The molecule has 2 aromatic rings. The minimum absolute atomic E-state index is 0.151. The van der Waals surface area contributed by atoms with Crippen molar-refractivity contribution in [3.05, 3.63) is 83.2 Å². The van der Waals surface area contributed by atoms with Gasteiger partial charge in [0, 0.05) is 24.5 Å². The zero-order chi connectivity index (χ0) is 18.5. The number of halogens is 1.